The van der Waals surface area contributed by atoms with Crippen molar-refractivity contribution >= 4 is 27.8 Å². The third-order valence-electron chi connectivity index (χ3n) is 4.15. The fourth-order valence-corrected chi connectivity index (χ4v) is 2.84. The fourth-order valence-electron chi connectivity index (χ4n) is 2.84. The molecule has 0 radical (unpaired) electrons. The lowest BCUT2D eigenvalue weighted by Gasteiger charge is -2.07. The summed E-state index contributed by atoms with van der Waals surface area (Å²) >= 11 is 0. The number of fused-ring (bicyclic) bond motifs is 2. The summed E-state index contributed by atoms with van der Waals surface area (Å²) in [6, 6.07) is 15.3. The van der Waals surface area contributed by atoms with E-state index in [1.54, 1.807) is 6.07 Å². The van der Waals surface area contributed by atoms with Crippen molar-refractivity contribution in [3.05, 3.63) is 54.1 Å². The van der Waals surface area contributed by atoms with Crippen molar-refractivity contribution in [3.8, 4) is 11.5 Å². The molecule has 0 saturated carbocycles. The molecule has 0 fully saturated rings. The molecule has 0 spiro atoms. The summed E-state index contributed by atoms with van der Waals surface area (Å²) in [6.45, 7) is 4.79. The van der Waals surface area contributed by atoms with Gasteiger partial charge in [-0.2, -0.15) is 5.10 Å². The molecule has 2 aromatic carbocycles. The van der Waals surface area contributed by atoms with E-state index in [4.69, 9.17) is 4.42 Å². The molecule has 0 saturated heterocycles. The zero-order valence-corrected chi connectivity index (χ0v) is 14.2. The molecule has 2 N–H and O–H groups in total. The second-order valence-corrected chi connectivity index (χ2v) is 6.58. The molecule has 1 amide bonds. The van der Waals surface area contributed by atoms with Crippen molar-refractivity contribution in [3.63, 3.8) is 0 Å². The second-order valence-electron chi connectivity index (χ2n) is 6.58. The lowest BCUT2D eigenvalue weighted by Crippen LogP contribution is -2.27. The summed E-state index contributed by atoms with van der Waals surface area (Å²) < 4.78 is 5.92. The van der Waals surface area contributed by atoms with E-state index in [9.17, 15) is 4.79 Å². The number of nitrogens with zero attached hydrogens (tertiary/aromatic N) is 1. The van der Waals surface area contributed by atoms with E-state index in [1.165, 1.54) is 0 Å². The second kappa shape index (κ2) is 6.09. The predicted octanol–water partition coefficient (Wildman–Crippen LogP) is 4.36. The zero-order chi connectivity index (χ0) is 17.4. The van der Waals surface area contributed by atoms with Gasteiger partial charge in [0, 0.05) is 22.9 Å². The highest BCUT2D eigenvalue weighted by Crippen LogP contribution is 2.31. The Balaban J connectivity index is 1.74. The first kappa shape index (κ1) is 15.4. The minimum absolute atomic E-state index is 0.0765. The van der Waals surface area contributed by atoms with Crippen LogP contribution in [0.15, 0.2) is 52.9 Å². The first-order valence-corrected chi connectivity index (χ1v) is 8.37. The van der Waals surface area contributed by atoms with Gasteiger partial charge in [0.25, 0.3) is 5.91 Å². The number of benzene rings is 2. The van der Waals surface area contributed by atoms with Crippen molar-refractivity contribution in [2.24, 2.45) is 5.92 Å². The Hall–Kier alpha value is -3.08. The molecular weight excluding hydrogens is 314 g/mol. The van der Waals surface area contributed by atoms with Crippen LogP contribution in [0.5, 0.6) is 0 Å². The van der Waals surface area contributed by atoms with Gasteiger partial charge in [0.05, 0.1) is 5.52 Å². The highest BCUT2D eigenvalue weighted by atomic mass is 16.3. The van der Waals surface area contributed by atoms with Gasteiger partial charge in [-0.3, -0.25) is 9.89 Å². The molecular formula is C20H19N3O2. The summed E-state index contributed by atoms with van der Waals surface area (Å²) in [4.78, 5) is 12.3. The Morgan fingerprint density at radius 1 is 1.20 bits per heavy atom. The van der Waals surface area contributed by atoms with Crippen LogP contribution in [0, 0.1) is 5.92 Å². The quantitative estimate of drug-likeness (QED) is 0.583. The maximum absolute atomic E-state index is 12.3. The van der Waals surface area contributed by atoms with Crippen molar-refractivity contribution < 1.29 is 9.21 Å². The van der Waals surface area contributed by atoms with Crippen LogP contribution in [0.25, 0.3) is 33.3 Å². The topological polar surface area (TPSA) is 70.9 Å². The van der Waals surface area contributed by atoms with Gasteiger partial charge in [-0.25, -0.2) is 0 Å². The average Bonchev–Trinajstić information content (AvgIpc) is 3.22. The van der Waals surface area contributed by atoms with Gasteiger partial charge in [0.2, 0.25) is 0 Å². The van der Waals surface area contributed by atoms with Crippen LogP contribution in [0.1, 0.15) is 24.2 Å². The first-order valence-electron chi connectivity index (χ1n) is 8.37. The number of furan rings is 1. The number of carbonyl (C=O) groups excluding carboxylic acids is 1. The van der Waals surface area contributed by atoms with Crippen LogP contribution in [0.3, 0.4) is 0 Å². The molecule has 0 aliphatic rings. The highest BCUT2D eigenvalue weighted by molar-refractivity contribution is 6.01. The predicted molar refractivity (Wildman–Crippen MR) is 98.5 cm³/mol. The standard InChI is InChI=1S/C20H19N3O2/c1-12(2)11-21-20(24)14-7-8-16-15(9-14)19(23-22-16)18-10-13-5-3-4-6-17(13)25-18/h3-10,12H,11H2,1-2H3,(H,21,24)(H,22,23). The van der Waals surface area contributed by atoms with E-state index in [0.29, 0.717) is 29.5 Å². The van der Waals surface area contributed by atoms with Gasteiger partial charge >= 0.3 is 0 Å². The smallest absolute Gasteiger partial charge is 0.251 e. The summed E-state index contributed by atoms with van der Waals surface area (Å²) in [7, 11) is 0. The van der Waals surface area contributed by atoms with Gasteiger partial charge in [0.1, 0.15) is 11.3 Å². The highest BCUT2D eigenvalue weighted by Gasteiger charge is 2.15. The summed E-state index contributed by atoms with van der Waals surface area (Å²) in [5.41, 5.74) is 3.02. The molecule has 0 aliphatic heterocycles. The van der Waals surface area contributed by atoms with E-state index >= 15 is 0 Å². The molecule has 0 aliphatic carbocycles. The Morgan fingerprint density at radius 2 is 2.04 bits per heavy atom. The van der Waals surface area contributed by atoms with Crippen molar-refractivity contribution in [1.29, 1.82) is 0 Å². The molecule has 4 aromatic rings. The number of amides is 1. The lowest BCUT2D eigenvalue weighted by molar-refractivity contribution is 0.0949. The van der Waals surface area contributed by atoms with Crippen LogP contribution in [-0.2, 0) is 0 Å². The van der Waals surface area contributed by atoms with Gasteiger partial charge in [-0.1, -0.05) is 32.0 Å². The number of para-hydroxylation sites is 1. The molecule has 0 bridgehead atoms. The van der Waals surface area contributed by atoms with E-state index < -0.39 is 0 Å². The molecule has 2 aromatic heterocycles. The number of carbonyl (C=O) groups is 1. The van der Waals surface area contributed by atoms with Gasteiger partial charge in [-0.15, -0.1) is 0 Å². The Labute approximate surface area is 145 Å². The molecule has 5 heteroatoms. The van der Waals surface area contributed by atoms with E-state index in [1.807, 2.05) is 42.5 Å². The molecule has 0 unspecified atom stereocenters. The Morgan fingerprint density at radius 3 is 2.84 bits per heavy atom. The number of aromatic amines is 1. The normalized spacial score (nSPS) is 11.5. The maximum atomic E-state index is 12.3. The third kappa shape index (κ3) is 2.89. The number of H-pyrrole nitrogens is 1. The summed E-state index contributed by atoms with van der Waals surface area (Å²) in [5.74, 6) is 1.02. The monoisotopic (exact) mass is 333 g/mol. The van der Waals surface area contributed by atoms with Crippen LogP contribution in [0.2, 0.25) is 0 Å². The SMILES string of the molecule is CC(C)CNC(=O)c1ccc2[nH]nc(-c3cc4ccccc4o3)c2c1. The summed E-state index contributed by atoms with van der Waals surface area (Å²) in [6.07, 6.45) is 0. The molecule has 0 atom stereocenters. The van der Waals surface area contributed by atoms with E-state index in [2.05, 4.69) is 29.4 Å². The van der Waals surface area contributed by atoms with Gasteiger partial charge < -0.3 is 9.73 Å². The van der Waals surface area contributed by atoms with Gasteiger partial charge in [-0.05, 0) is 36.2 Å². The number of hydrogen-bond acceptors (Lipinski definition) is 3. The van der Waals surface area contributed by atoms with E-state index in [-0.39, 0.29) is 5.91 Å². The number of nitrogens with one attached hydrogen (secondary N) is 2. The Kier molecular flexibility index (Phi) is 3.76. The van der Waals surface area contributed by atoms with E-state index in [0.717, 1.165) is 21.9 Å². The Bertz CT molecular complexity index is 1030. The van der Waals surface area contributed by atoms with Crippen molar-refractivity contribution in [2.75, 3.05) is 6.54 Å². The molecule has 5 nitrogen and oxygen atoms in total. The van der Waals surface area contributed by atoms with Crippen molar-refractivity contribution in [2.45, 2.75) is 13.8 Å². The zero-order valence-electron chi connectivity index (χ0n) is 14.2. The van der Waals surface area contributed by atoms with Crippen LogP contribution in [0.4, 0.5) is 0 Å². The minimum Gasteiger partial charge on any atom is -0.454 e. The largest absolute Gasteiger partial charge is 0.454 e. The molecule has 25 heavy (non-hydrogen) atoms. The molecule has 4 rings (SSSR count). The minimum atomic E-state index is -0.0765. The molecule has 126 valence electrons. The number of hydrogen-bond donors (Lipinski definition) is 2. The molecule has 2 heterocycles. The lowest BCUT2D eigenvalue weighted by atomic mass is 10.1. The number of aromatic nitrogens is 2. The van der Waals surface area contributed by atoms with Crippen LogP contribution in [-0.4, -0.2) is 22.6 Å². The average molecular weight is 333 g/mol. The summed E-state index contributed by atoms with van der Waals surface area (Å²) in [5, 5.41) is 12.2. The maximum Gasteiger partial charge on any atom is 0.251 e. The first-order chi connectivity index (χ1) is 12.1. The number of rotatable bonds is 4. The van der Waals surface area contributed by atoms with Crippen LogP contribution >= 0.6 is 0 Å². The fraction of sp³-hybridized carbons (Fsp3) is 0.200. The van der Waals surface area contributed by atoms with Gasteiger partial charge in [0.15, 0.2) is 5.76 Å². The third-order valence-corrected chi connectivity index (χ3v) is 4.15. The van der Waals surface area contributed by atoms with Crippen LogP contribution < -0.4 is 5.32 Å². The van der Waals surface area contributed by atoms with Crippen molar-refractivity contribution in [1.82, 2.24) is 15.5 Å².